The van der Waals surface area contributed by atoms with Crippen molar-refractivity contribution in [3.63, 3.8) is 0 Å². The molecule has 5 heteroatoms. The van der Waals surface area contributed by atoms with Gasteiger partial charge in [-0.2, -0.15) is 0 Å². The molecule has 0 radical (unpaired) electrons. The SMILES string of the molecule is CCCC1(C(=O)O)CCN(C(=O)c2cc(Br)ccc2C)C1. The van der Waals surface area contributed by atoms with Crippen LogP contribution in [0.3, 0.4) is 0 Å². The highest BCUT2D eigenvalue weighted by atomic mass is 79.9. The van der Waals surface area contributed by atoms with Crippen LogP contribution in [0.5, 0.6) is 0 Å². The molecule has 1 aromatic rings. The van der Waals surface area contributed by atoms with Gasteiger partial charge in [-0.3, -0.25) is 9.59 Å². The van der Waals surface area contributed by atoms with Gasteiger partial charge in [-0.1, -0.05) is 35.3 Å². The van der Waals surface area contributed by atoms with Gasteiger partial charge in [0.05, 0.1) is 5.41 Å². The maximum absolute atomic E-state index is 12.6. The monoisotopic (exact) mass is 353 g/mol. The zero-order valence-electron chi connectivity index (χ0n) is 12.4. The number of carbonyl (C=O) groups is 2. The quantitative estimate of drug-likeness (QED) is 0.901. The van der Waals surface area contributed by atoms with Gasteiger partial charge in [-0.15, -0.1) is 0 Å². The number of hydrogen-bond acceptors (Lipinski definition) is 2. The number of aryl methyl sites for hydroxylation is 1. The lowest BCUT2D eigenvalue weighted by molar-refractivity contribution is -0.148. The number of carbonyl (C=O) groups excluding carboxylic acids is 1. The first-order valence-corrected chi connectivity index (χ1v) is 7.98. The zero-order valence-corrected chi connectivity index (χ0v) is 13.9. The topological polar surface area (TPSA) is 57.6 Å². The minimum atomic E-state index is -0.786. The minimum Gasteiger partial charge on any atom is -0.481 e. The highest BCUT2D eigenvalue weighted by molar-refractivity contribution is 9.10. The fourth-order valence-corrected chi connectivity index (χ4v) is 3.37. The number of aliphatic carboxylic acids is 1. The molecule has 1 N–H and O–H groups in total. The number of hydrogen-bond donors (Lipinski definition) is 1. The van der Waals surface area contributed by atoms with Crippen molar-refractivity contribution in [3.05, 3.63) is 33.8 Å². The summed E-state index contributed by atoms with van der Waals surface area (Å²) in [6.07, 6.45) is 1.96. The summed E-state index contributed by atoms with van der Waals surface area (Å²) >= 11 is 3.38. The van der Waals surface area contributed by atoms with E-state index in [-0.39, 0.29) is 5.91 Å². The van der Waals surface area contributed by atoms with E-state index in [4.69, 9.17) is 0 Å². The van der Waals surface area contributed by atoms with E-state index in [0.29, 0.717) is 31.5 Å². The van der Waals surface area contributed by atoms with E-state index in [1.165, 1.54) is 0 Å². The van der Waals surface area contributed by atoms with Gasteiger partial charge < -0.3 is 10.0 Å². The molecular weight excluding hydrogens is 334 g/mol. The lowest BCUT2D eigenvalue weighted by Crippen LogP contribution is -2.37. The first kappa shape index (κ1) is 16.0. The van der Waals surface area contributed by atoms with E-state index in [1.54, 1.807) is 11.0 Å². The lowest BCUT2D eigenvalue weighted by atomic mass is 9.83. The molecule has 1 atom stereocenters. The molecule has 4 nitrogen and oxygen atoms in total. The molecule has 1 aromatic carbocycles. The summed E-state index contributed by atoms with van der Waals surface area (Å²) in [5.74, 6) is -0.862. The molecule has 2 rings (SSSR count). The maximum atomic E-state index is 12.6. The Bertz CT molecular complexity index is 573. The molecule has 21 heavy (non-hydrogen) atoms. The molecule has 0 aromatic heterocycles. The summed E-state index contributed by atoms with van der Waals surface area (Å²) in [7, 11) is 0. The molecule has 1 amide bonds. The average molecular weight is 354 g/mol. The number of carboxylic acids is 1. The van der Waals surface area contributed by atoms with Crippen LogP contribution >= 0.6 is 15.9 Å². The second-order valence-electron chi connectivity index (χ2n) is 5.77. The van der Waals surface area contributed by atoms with Crippen LogP contribution in [0, 0.1) is 12.3 Å². The third-order valence-electron chi connectivity index (χ3n) is 4.25. The molecule has 0 bridgehead atoms. The Morgan fingerprint density at radius 3 is 2.76 bits per heavy atom. The Hall–Kier alpha value is -1.36. The van der Waals surface area contributed by atoms with Crippen molar-refractivity contribution in [1.82, 2.24) is 4.90 Å². The molecule has 0 saturated carbocycles. The molecule has 1 aliphatic rings. The standard InChI is InChI=1S/C16H20BrNO3/c1-3-6-16(15(20)21)7-8-18(10-16)14(19)13-9-12(17)5-4-11(13)2/h4-5,9H,3,6-8,10H2,1-2H3,(H,20,21). The van der Waals surface area contributed by atoms with Crippen molar-refractivity contribution in [1.29, 1.82) is 0 Å². The fourth-order valence-electron chi connectivity index (χ4n) is 3.00. The van der Waals surface area contributed by atoms with Gasteiger partial charge >= 0.3 is 5.97 Å². The first-order chi connectivity index (χ1) is 9.89. The average Bonchev–Trinajstić information content (AvgIpc) is 2.87. The smallest absolute Gasteiger partial charge is 0.311 e. The second-order valence-corrected chi connectivity index (χ2v) is 6.69. The highest BCUT2D eigenvalue weighted by Crippen LogP contribution is 2.36. The van der Waals surface area contributed by atoms with Crippen LogP contribution in [-0.2, 0) is 4.79 Å². The van der Waals surface area contributed by atoms with Crippen molar-refractivity contribution < 1.29 is 14.7 Å². The van der Waals surface area contributed by atoms with Gasteiger partial charge in [0.25, 0.3) is 5.91 Å². The number of halogens is 1. The Morgan fingerprint density at radius 2 is 2.14 bits per heavy atom. The highest BCUT2D eigenvalue weighted by Gasteiger charge is 2.45. The lowest BCUT2D eigenvalue weighted by Gasteiger charge is -2.24. The molecule has 1 unspecified atom stereocenters. The van der Waals surface area contributed by atoms with Gasteiger partial charge in [-0.25, -0.2) is 0 Å². The Morgan fingerprint density at radius 1 is 1.43 bits per heavy atom. The number of amides is 1. The van der Waals surface area contributed by atoms with Gasteiger partial charge in [-0.05, 0) is 37.5 Å². The van der Waals surface area contributed by atoms with E-state index in [1.807, 2.05) is 26.0 Å². The van der Waals surface area contributed by atoms with Crippen molar-refractivity contribution in [3.8, 4) is 0 Å². The molecule has 1 heterocycles. The summed E-state index contributed by atoms with van der Waals surface area (Å²) in [4.78, 5) is 25.9. The van der Waals surface area contributed by atoms with Gasteiger partial charge in [0, 0.05) is 23.1 Å². The predicted molar refractivity (Wildman–Crippen MR) is 84.4 cm³/mol. The summed E-state index contributed by atoms with van der Waals surface area (Å²) in [6.45, 7) is 4.69. The molecule has 114 valence electrons. The van der Waals surface area contributed by atoms with E-state index < -0.39 is 11.4 Å². The minimum absolute atomic E-state index is 0.0759. The van der Waals surface area contributed by atoms with Crippen molar-refractivity contribution in [2.45, 2.75) is 33.1 Å². The number of nitrogens with zero attached hydrogens (tertiary/aromatic N) is 1. The van der Waals surface area contributed by atoms with Crippen molar-refractivity contribution in [2.24, 2.45) is 5.41 Å². The van der Waals surface area contributed by atoms with E-state index in [2.05, 4.69) is 15.9 Å². The van der Waals surface area contributed by atoms with E-state index >= 15 is 0 Å². The van der Waals surface area contributed by atoms with Crippen LogP contribution < -0.4 is 0 Å². The molecule has 1 fully saturated rings. The normalized spacial score (nSPS) is 21.6. The third kappa shape index (κ3) is 3.12. The Kier molecular flexibility index (Phi) is 4.71. The predicted octanol–water partition coefficient (Wildman–Crippen LogP) is 3.47. The van der Waals surface area contributed by atoms with Gasteiger partial charge in [0.15, 0.2) is 0 Å². The summed E-state index contributed by atoms with van der Waals surface area (Å²) in [5, 5.41) is 9.52. The summed E-state index contributed by atoms with van der Waals surface area (Å²) in [6, 6.07) is 5.59. The second kappa shape index (κ2) is 6.18. The van der Waals surface area contributed by atoms with Gasteiger partial charge in [0.2, 0.25) is 0 Å². The summed E-state index contributed by atoms with van der Waals surface area (Å²) < 4.78 is 0.855. The fraction of sp³-hybridized carbons (Fsp3) is 0.500. The number of benzene rings is 1. The van der Waals surface area contributed by atoms with Crippen LogP contribution in [0.4, 0.5) is 0 Å². The number of rotatable bonds is 4. The molecule has 0 spiro atoms. The molecule has 0 aliphatic carbocycles. The van der Waals surface area contributed by atoms with Crippen LogP contribution in [0.1, 0.15) is 42.1 Å². The first-order valence-electron chi connectivity index (χ1n) is 7.18. The van der Waals surface area contributed by atoms with Crippen LogP contribution in [-0.4, -0.2) is 35.0 Å². The van der Waals surface area contributed by atoms with Crippen molar-refractivity contribution >= 4 is 27.8 Å². The van der Waals surface area contributed by atoms with E-state index in [9.17, 15) is 14.7 Å². The molecule has 1 saturated heterocycles. The number of carboxylic acid groups (broad SMARTS) is 1. The Labute approximate surface area is 133 Å². The van der Waals surface area contributed by atoms with Crippen LogP contribution in [0.15, 0.2) is 22.7 Å². The third-order valence-corrected chi connectivity index (χ3v) is 4.75. The number of likely N-dealkylation sites (tertiary alicyclic amines) is 1. The largest absolute Gasteiger partial charge is 0.481 e. The maximum Gasteiger partial charge on any atom is 0.311 e. The Balaban J connectivity index is 2.22. The molecule has 1 aliphatic heterocycles. The van der Waals surface area contributed by atoms with Crippen molar-refractivity contribution in [2.75, 3.05) is 13.1 Å². The van der Waals surface area contributed by atoms with Crippen LogP contribution in [0.25, 0.3) is 0 Å². The van der Waals surface area contributed by atoms with Gasteiger partial charge in [0.1, 0.15) is 0 Å². The van der Waals surface area contributed by atoms with E-state index in [0.717, 1.165) is 16.5 Å². The van der Waals surface area contributed by atoms with Crippen LogP contribution in [0.2, 0.25) is 0 Å². The zero-order chi connectivity index (χ0) is 15.6. The molecular formula is C16H20BrNO3. The summed E-state index contributed by atoms with van der Waals surface area (Å²) in [5.41, 5.74) is 0.776.